The van der Waals surface area contributed by atoms with Gasteiger partial charge in [0.1, 0.15) is 5.82 Å². The van der Waals surface area contributed by atoms with Crippen molar-refractivity contribution in [3.8, 4) is 11.3 Å². The van der Waals surface area contributed by atoms with Gasteiger partial charge in [0.05, 0.1) is 36.3 Å². The van der Waals surface area contributed by atoms with E-state index in [1.165, 1.54) is 38.4 Å². The zero-order chi connectivity index (χ0) is 25.6. The molecule has 2 rings (SSSR count). The van der Waals surface area contributed by atoms with E-state index in [1.807, 2.05) is 13.8 Å². The second-order valence-electron chi connectivity index (χ2n) is 8.18. The Hall–Kier alpha value is -2.89. The quantitative estimate of drug-likeness (QED) is 0.487. The fourth-order valence-electron chi connectivity index (χ4n) is 3.21. The lowest BCUT2D eigenvalue weighted by Gasteiger charge is -2.21. The number of rotatable bonds is 11. The SMILES string of the molecule is CO[C@H](/C=C/c1c(-c2ccc(F)cc2)nc(N(C)S(C)(=O)=O)nc1C(C)C)C[C@@H](O)CC(=O)O. The summed E-state index contributed by atoms with van der Waals surface area (Å²) in [5.41, 5.74) is 2.06. The molecule has 0 aliphatic carbocycles. The molecule has 1 aromatic heterocycles. The van der Waals surface area contributed by atoms with Gasteiger partial charge in [0.15, 0.2) is 0 Å². The maximum Gasteiger partial charge on any atom is 0.305 e. The molecule has 11 heteroatoms. The number of aromatic nitrogens is 2. The fourth-order valence-corrected chi connectivity index (χ4v) is 3.58. The molecule has 0 aliphatic rings. The van der Waals surface area contributed by atoms with Gasteiger partial charge in [-0.15, -0.1) is 0 Å². The molecular weight excluding hydrogens is 465 g/mol. The molecule has 2 atom stereocenters. The summed E-state index contributed by atoms with van der Waals surface area (Å²) in [7, 11) is -0.847. The van der Waals surface area contributed by atoms with Crippen molar-refractivity contribution in [3.63, 3.8) is 0 Å². The minimum absolute atomic E-state index is 0.0251. The van der Waals surface area contributed by atoms with Crippen LogP contribution in [0.3, 0.4) is 0 Å². The van der Waals surface area contributed by atoms with Crippen LogP contribution in [0.1, 0.15) is 43.9 Å². The van der Waals surface area contributed by atoms with Gasteiger partial charge in [0, 0.05) is 31.7 Å². The number of anilines is 1. The number of hydrogen-bond donors (Lipinski definition) is 2. The molecule has 1 heterocycles. The van der Waals surface area contributed by atoms with Crippen LogP contribution in [0.25, 0.3) is 17.3 Å². The summed E-state index contributed by atoms with van der Waals surface area (Å²) in [6.45, 7) is 3.78. The van der Waals surface area contributed by atoms with Crippen LogP contribution in [0, 0.1) is 5.82 Å². The lowest BCUT2D eigenvalue weighted by Crippen LogP contribution is -2.27. The van der Waals surface area contributed by atoms with Gasteiger partial charge in [-0.25, -0.2) is 27.1 Å². The van der Waals surface area contributed by atoms with Gasteiger partial charge in [-0.05, 0) is 30.2 Å². The van der Waals surface area contributed by atoms with Gasteiger partial charge in [0.2, 0.25) is 16.0 Å². The molecule has 0 saturated carbocycles. The highest BCUT2D eigenvalue weighted by Gasteiger charge is 2.22. The van der Waals surface area contributed by atoms with Gasteiger partial charge in [-0.1, -0.05) is 26.0 Å². The number of carboxylic acids is 1. The average molecular weight is 496 g/mol. The van der Waals surface area contributed by atoms with E-state index < -0.39 is 40.4 Å². The average Bonchev–Trinajstić information content (AvgIpc) is 2.74. The van der Waals surface area contributed by atoms with E-state index in [2.05, 4.69) is 9.97 Å². The fraction of sp³-hybridized carbons (Fsp3) is 0.435. The second kappa shape index (κ2) is 11.5. The molecule has 1 aromatic carbocycles. The Bertz CT molecular complexity index is 1140. The summed E-state index contributed by atoms with van der Waals surface area (Å²) in [5, 5.41) is 18.9. The summed E-state index contributed by atoms with van der Waals surface area (Å²) in [6, 6.07) is 5.63. The van der Waals surface area contributed by atoms with Crippen LogP contribution in [0.4, 0.5) is 10.3 Å². The third kappa shape index (κ3) is 7.31. The predicted octanol–water partition coefficient (Wildman–Crippen LogP) is 3.06. The monoisotopic (exact) mass is 495 g/mol. The Balaban J connectivity index is 2.65. The van der Waals surface area contributed by atoms with Gasteiger partial charge in [-0.2, -0.15) is 0 Å². The third-order valence-corrected chi connectivity index (χ3v) is 6.26. The molecule has 0 amide bonds. The molecule has 0 radical (unpaired) electrons. The number of ether oxygens (including phenoxy) is 1. The first kappa shape index (κ1) is 27.4. The van der Waals surface area contributed by atoms with Crippen LogP contribution >= 0.6 is 0 Å². The van der Waals surface area contributed by atoms with Gasteiger partial charge >= 0.3 is 5.97 Å². The number of sulfonamides is 1. The summed E-state index contributed by atoms with van der Waals surface area (Å²) < 4.78 is 44.2. The van der Waals surface area contributed by atoms with Crippen molar-refractivity contribution in [1.82, 2.24) is 9.97 Å². The van der Waals surface area contributed by atoms with Crippen LogP contribution in [0.5, 0.6) is 0 Å². The third-order valence-electron chi connectivity index (χ3n) is 5.10. The van der Waals surface area contributed by atoms with E-state index in [-0.39, 0.29) is 18.3 Å². The Morgan fingerprint density at radius 2 is 1.85 bits per heavy atom. The Labute approximate surface area is 199 Å². The molecular formula is C23H30FN3O6S. The standard InChI is InChI=1S/C23H30FN3O6S/c1-14(2)21-19(11-10-18(33-4)12-17(28)13-20(29)30)22(15-6-8-16(24)9-7-15)26-23(25-21)27(3)34(5,31)32/h6-11,14,17-18,28H,12-13H2,1-5H3,(H,29,30)/b11-10+/t17-,18-/m1/s1. The Morgan fingerprint density at radius 3 is 2.35 bits per heavy atom. The summed E-state index contributed by atoms with van der Waals surface area (Å²) in [5.74, 6) is -1.71. The largest absolute Gasteiger partial charge is 0.481 e. The Morgan fingerprint density at radius 1 is 1.24 bits per heavy atom. The molecule has 9 nitrogen and oxygen atoms in total. The number of nitrogens with zero attached hydrogens (tertiary/aromatic N) is 3. The molecule has 2 N–H and O–H groups in total. The van der Waals surface area contributed by atoms with Crippen molar-refractivity contribution in [1.29, 1.82) is 0 Å². The molecule has 0 saturated heterocycles. The van der Waals surface area contributed by atoms with Crippen LogP contribution in [0.15, 0.2) is 30.3 Å². The van der Waals surface area contributed by atoms with Crippen molar-refractivity contribution in [2.75, 3.05) is 24.7 Å². The maximum absolute atomic E-state index is 13.6. The van der Waals surface area contributed by atoms with E-state index in [1.54, 1.807) is 12.2 Å². The minimum Gasteiger partial charge on any atom is -0.481 e. The summed E-state index contributed by atoms with van der Waals surface area (Å²) in [6.07, 6.45) is 2.33. The van der Waals surface area contributed by atoms with Crippen molar-refractivity contribution in [3.05, 3.63) is 47.4 Å². The van der Waals surface area contributed by atoms with Gasteiger partial charge < -0.3 is 14.9 Å². The van der Waals surface area contributed by atoms with E-state index >= 15 is 0 Å². The van der Waals surface area contributed by atoms with Crippen LogP contribution in [-0.4, -0.2) is 67.2 Å². The number of aliphatic hydroxyl groups is 1. The van der Waals surface area contributed by atoms with E-state index in [0.717, 1.165) is 10.6 Å². The number of aliphatic hydroxyl groups excluding tert-OH is 1. The number of methoxy groups -OCH3 is 1. The van der Waals surface area contributed by atoms with Crippen molar-refractivity contribution in [2.24, 2.45) is 0 Å². The van der Waals surface area contributed by atoms with E-state index in [0.29, 0.717) is 22.5 Å². The first-order chi connectivity index (χ1) is 15.8. The molecule has 186 valence electrons. The second-order valence-corrected chi connectivity index (χ2v) is 10.2. The van der Waals surface area contributed by atoms with Crippen LogP contribution in [-0.2, 0) is 19.6 Å². The van der Waals surface area contributed by atoms with Crippen molar-refractivity contribution < 1.29 is 32.6 Å². The topological polar surface area (TPSA) is 130 Å². The number of benzene rings is 1. The molecule has 0 fully saturated rings. The molecule has 0 spiro atoms. The van der Waals surface area contributed by atoms with Crippen molar-refractivity contribution in [2.45, 2.75) is 44.8 Å². The highest BCUT2D eigenvalue weighted by atomic mass is 32.2. The number of aliphatic carboxylic acids is 1. The number of hydrogen-bond acceptors (Lipinski definition) is 7. The first-order valence-corrected chi connectivity index (χ1v) is 12.4. The Kier molecular flexibility index (Phi) is 9.25. The zero-order valence-electron chi connectivity index (χ0n) is 19.8. The first-order valence-electron chi connectivity index (χ1n) is 10.6. The zero-order valence-corrected chi connectivity index (χ0v) is 20.6. The molecule has 34 heavy (non-hydrogen) atoms. The smallest absolute Gasteiger partial charge is 0.305 e. The maximum atomic E-state index is 13.6. The van der Waals surface area contributed by atoms with E-state index in [4.69, 9.17) is 9.84 Å². The highest BCUT2D eigenvalue weighted by Crippen LogP contribution is 2.32. The molecule has 0 aliphatic heterocycles. The number of carbonyl (C=O) groups is 1. The molecule has 0 bridgehead atoms. The number of halogens is 1. The lowest BCUT2D eigenvalue weighted by atomic mass is 9.97. The van der Waals surface area contributed by atoms with Gasteiger partial charge in [-0.3, -0.25) is 4.79 Å². The molecule has 2 aromatic rings. The minimum atomic E-state index is -3.64. The summed E-state index contributed by atoms with van der Waals surface area (Å²) in [4.78, 5) is 19.8. The molecule has 0 unspecified atom stereocenters. The van der Waals surface area contributed by atoms with E-state index in [9.17, 15) is 22.7 Å². The highest BCUT2D eigenvalue weighted by molar-refractivity contribution is 7.92. The van der Waals surface area contributed by atoms with Crippen LogP contribution in [0.2, 0.25) is 0 Å². The number of carboxylic acid groups (broad SMARTS) is 1. The summed E-state index contributed by atoms with van der Waals surface area (Å²) >= 11 is 0. The predicted molar refractivity (Wildman–Crippen MR) is 127 cm³/mol. The van der Waals surface area contributed by atoms with Crippen LogP contribution < -0.4 is 4.31 Å². The van der Waals surface area contributed by atoms with Gasteiger partial charge in [0.25, 0.3) is 0 Å². The lowest BCUT2D eigenvalue weighted by molar-refractivity contribution is -0.139. The van der Waals surface area contributed by atoms with Crippen molar-refractivity contribution >= 4 is 28.0 Å². The normalized spacial score (nSPS) is 13.9.